The molecule has 0 spiro atoms. The summed E-state index contributed by atoms with van der Waals surface area (Å²) in [6.07, 6.45) is 4.33. The standard InChI is InChI=1S/C22H25NO5S/c1-3-14-5-10-18-16(11-14)12-19(29-18)22(26)28-13-20(24)23-17-8-6-15(7-9-17)21(25)27-4-2/h6-9,12,14H,3-5,10-11,13H2,1-2H3,(H,23,24)/t14-/m0/s1. The van der Waals surface area contributed by atoms with E-state index in [9.17, 15) is 14.4 Å². The van der Waals surface area contributed by atoms with Crippen LogP contribution in [-0.2, 0) is 27.1 Å². The van der Waals surface area contributed by atoms with E-state index < -0.39 is 17.8 Å². The van der Waals surface area contributed by atoms with Gasteiger partial charge in [-0.1, -0.05) is 13.3 Å². The third-order valence-corrected chi connectivity index (χ3v) is 6.19. The molecule has 3 rings (SSSR count). The molecule has 0 bridgehead atoms. The van der Waals surface area contributed by atoms with Crippen LogP contribution < -0.4 is 5.32 Å². The van der Waals surface area contributed by atoms with Crippen LogP contribution in [0.15, 0.2) is 30.3 Å². The van der Waals surface area contributed by atoms with Crippen molar-refractivity contribution in [3.63, 3.8) is 0 Å². The van der Waals surface area contributed by atoms with Gasteiger partial charge in [-0.3, -0.25) is 4.79 Å². The minimum Gasteiger partial charge on any atom is -0.462 e. The number of fused-ring (bicyclic) bond motifs is 1. The second-order valence-electron chi connectivity index (χ2n) is 7.00. The van der Waals surface area contributed by atoms with Crippen LogP contribution in [0.5, 0.6) is 0 Å². The molecule has 0 saturated heterocycles. The van der Waals surface area contributed by atoms with Gasteiger partial charge in [-0.15, -0.1) is 11.3 Å². The van der Waals surface area contributed by atoms with Crippen molar-refractivity contribution >= 4 is 34.9 Å². The highest BCUT2D eigenvalue weighted by Gasteiger charge is 2.23. The van der Waals surface area contributed by atoms with E-state index in [4.69, 9.17) is 9.47 Å². The van der Waals surface area contributed by atoms with Crippen LogP contribution in [0.25, 0.3) is 0 Å². The SMILES string of the molecule is CCOC(=O)c1ccc(NC(=O)COC(=O)c2cc3c(s2)CC[C@H](CC)C3)cc1. The summed E-state index contributed by atoms with van der Waals surface area (Å²) in [7, 11) is 0. The summed E-state index contributed by atoms with van der Waals surface area (Å²) >= 11 is 1.47. The number of anilines is 1. The zero-order chi connectivity index (χ0) is 20.8. The van der Waals surface area contributed by atoms with Crippen LogP contribution in [0.1, 0.15) is 57.2 Å². The molecule has 1 aliphatic rings. The molecule has 2 aromatic rings. The predicted molar refractivity (Wildman–Crippen MR) is 111 cm³/mol. The molecule has 0 fully saturated rings. The first kappa shape index (κ1) is 21.0. The van der Waals surface area contributed by atoms with Gasteiger partial charge in [0, 0.05) is 10.6 Å². The number of carbonyl (C=O) groups excluding carboxylic acids is 3. The Morgan fingerprint density at radius 1 is 1.10 bits per heavy atom. The van der Waals surface area contributed by atoms with Crippen LogP contribution in [0.3, 0.4) is 0 Å². The number of nitrogens with one attached hydrogen (secondary N) is 1. The normalized spacial score (nSPS) is 15.3. The summed E-state index contributed by atoms with van der Waals surface area (Å²) < 4.78 is 10.1. The quantitative estimate of drug-likeness (QED) is 0.684. The summed E-state index contributed by atoms with van der Waals surface area (Å²) in [5.41, 5.74) is 2.16. The molecule has 154 valence electrons. The predicted octanol–water partition coefficient (Wildman–Crippen LogP) is 4.24. The summed E-state index contributed by atoms with van der Waals surface area (Å²) in [6, 6.07) is 8.25. The molecule has 0 aliphatic heterocycles. The fraction of sp³-hybridized carbons (Fsp3) is 0.409. The Balaban J connectivity index is 1.50. The molecule has 1 amide bonds. The Hall–Kier alpha value is -2.67. The Morgan fingerprint density at radius 3 is 2.55 bits per heavy atom. The van der Waals surface area contributed by atoms with Gasteiger partial charge in [0.05, 0.1) is 12.2 Å². The number of aryl methyl sites for hydroxylation is 1. The molecule has 6 nitrogen and oxygen atoms in total. The molecule has 29 heavy (non-hydrogen) atoms. The molecular weight excluding hydrogens is 390 g/mol. The van der Waals surface area contributed by atoms with E-state index in [2.05, 4.69) is 12.2 Å². The van der Waals surface area contributed by atoms with Gasteiger partial charge in [-0.05, 0) is 68.0 Å². The number of thiophene rings is 1. The lowest BCUT2D eigenvalue weighted by Crippen LogP contribution is -2.20. The molecular formula is C22H25NO5S. The second kappa shape index (κ2) is 9.69. The van der Waals surface area contributed by atoms with E-state index in [-0.39, 0.29) is 6.61 Å². The van der Waals surface area contributed by atoms with Crippen molar-refractivity contribution in [2.24, 2.45) is 5.92 Å². The van der Waals surface area contributed by atoms with E-state index in [0.29, 0.717) is 28.7 Å². The minimum absolute atomic E-state index is 0.301. The lowest BCUT2D eigenvalue weighted by atomic mass is 9.87. The van der Waals surface area contributed by atoms with Crippen LogP contribution in [0.2, 0.25) is 0 Å². The Morgan fingerprint density at radius 2 is 1.86 bits per heavy atom. The molecule has 1 N–H and O–H groups in total. The molecule has 0 radical (unpaired) electrons. The number of hydrogen-bond donors (Lipinski definition) is 1. The monoisotopic (exact) mass is 415 g/mol. The van der Waals surface area contributed by atoms with Crippen molar-refractivity contribution in [2.45, 2.75) is 39.5 Å². The third kappa shape index (κ3) is 5.44. The largest absolute Gasteiger partial charge is 0.462 e. The number of esters is 2. The highest BCUT2D eigenvalue weighted by Crippen LogP contribution is 2.33. The smallest absolute Gasteiger partial charge is 0.348 e. The molecule has 0 unspecified atom stereocenters. The van der Waals surface area contributed by atoms with Gasteiger partial charge >= 0.3 is 11.9 Å². The fourth-order valence-electron chi connectivity index (χ4n) is 3.35. The molecule has 1 atom stereocenters. The highest BCUT2D eigenvalue weighted by atomic mass is 32.1. The summed E-state index contributed by atoms with van der Waals surface area (Å²) in [4.78, 5) is 37.8. The van der Waals surface area contributed by atoms with E-state index >= 15 is 0 Å². The van der Waals surface area contributed by atoms with Crippen LogP contribution >= 0.6 is 11.3 Å². The van der Waals surface area contributed by atoms with Crippen molar-refractivity contribution in [2.75, 3.05) is 18.5 Å². The van der Waals surface area contributed by atoms with E-state index in [1.807, 2.05) is 6.07 Å². The highest BCUT2D eigenvalue weighted by molar-refractivity contribution is 7.14. The number of hydrogen-bond acceptors (Lipinski definition) is 6. The minimum atomic E-state index is -0.467. The lowest BCUT2D eigenvalue weighted by Gasteiger charge is -2.19. The number of ether oxygens (including phenoxy) is 2. The van der Waals surface area contributed by atoms with E-state index in [0.717, 1.165) is 25.7 Å². The first-order valence-electron chi connectivity index (χ1n) is 9.85. The maximum atomic E-state index is 12.3. The Bertz CT molecular complexity index is 887. The molecule has 0 saturated carbocycles. The van der Waals surface area contributed by atoms with Crippen molar-refractivity contribution in [1.29, 1.82) is 0 Å². The van der Waals surface area contributed by atoms with Crippen molar-refractivity contribution in [1.82, 2.24) is 0 Å². The summed E-state index contributed by atoms with van der Waals surface area (Å²) in [6.45, 7) is 3.87. The average Bonchev–Trinajstić information content (AvgIpc) is 3.16. The zero-order valence-electron chi connectivity index (χ0n) is 16.7. The molecule has 1 aliphatic carbocycles. The number of amides is 1. The van der Waals surface area contributed by atoms with Gasteiger partial charge in [0.2, 0.25) is 0 Å². The third-order valence-electron chi connectivity index (χ3n) is 4.98. The average molecular weight is 416 g/mol. The maximum Gasteiger partial charge on any atom is 0.348 e. The van der Waals surface area contributed by atoms with Gasteiger partial charge in [0.15, 0.2) is 6.61 Å². The van der Waals surface area contributed by atoms with Gasteiger partial charge in [0.1, 0.15) is 4.88 Å². The van der Waals surface area contributed by atoms with Crippen LogP contribution in [0, 0.1) is 5.92 Å². The van der Waals surface area contributed by atoms with Gasteiger partial charge in [0.25, 0.3) is 5.91 Å². The molecule has 1 aromatic heterocycles. The van der Waals surface area contributed by atoms with E-state index in [1.54, 1.807) is 31.2 Å². The van der Waals surface area contributed by atoms with Crippen LogP contribution in [0.4, 0.5) is 5.69 Å². The van der Waals surface area contributed by atoms with Crippen molar-refractivity contribution < 1.29 is 23.9 Å². The fourth-order valence-corrected chi connectivity index (χ4v) is 4.45. The zero-order valence-corrected chi connectivity index (χ0v) is 17.5. The number of benzene rings is 1. The molecule has 1 heterocycles. The lowest BCUT2D eigenvalue weighted by molar-refractivity contribution is -0.119. The van der Waals surface area contributed by atoms with Gasteiger partial charge < -0.3 is 14.8 Å². The summed E-state index contributed by atoms with van der Waals surface area (Å²) in [5.74, 6) is -0.634. The van der Waals surface area contributed by atoms with Crippen molar-refractivity contribution in [3.8, 4) is 0 Å². The number of carbonyl (C=O) groups is 3. The van der Waals surface area contributed by atoms with Gasteiger partial charge in [-0.2, -0.15) is 0 Å². The maximum absolute atomic E-state index is 12.3. The summed E-state index contributed by atoms with van der Waals surface area (Å²) in [5, 5.41) is 2.64. The Kier molecular flexibility index (Phi) is 7.04. The second-order valence-corrected chi connectivity index (χ2v) is 8.14. The first-order valence-corrected chi connectivity index (χ1v) is 10.7. The molecule has 1 aromatic carbocycles. The van der Waals surface area contributed by atoms with Crippen molar-refractivity contribution in [3.05, 3.63) is 51.2 Å². The molecule has 7 heteroatoms. The number of rotatable bonds is 7. The Labute approximate surface area is 174 Å². The van der Waals surface area contributed by atoms with Crippen LogP contribution in [-0.4, -0.2) is 31.1 Å². The van der Waals surface area contributed by atoms with E-state index in [1.165, 1.54) is 21.8 Å². The topological polar surface area (TPSA) is 81.7 Å². The van der Waals surface area contributed by atoms with Gasteiger partial charge in [-0.25, -0.2) is 9.59 Å². The first-order chi connectivity index (χ1) is 14.0.